The monoisotopic (exact) mass is 383 g/mol. The average Bonchev–Trinajstić information content (AvgIpc) is 3.03. The number of aromatic nitrogens is 4. The molecule has 7 nitrogen and oxygen atoms in total. The lowest BCUT2D eigenvalue weighted by molar-refractivity contribution is 0.102. The van der Waals surface area contributed by atoms with Gasteiger partial charge in [-0.1, -0.05) is 19.1 Å². The lowest BCUT2D eigenvalue weighted by Gasteiger charge is -2.11. The number of aromatic amines is 1. The maximum atomic E-state index is 12.8. The number of H-pyrrole nitrogens is 1. The van der Waals surface area contributed by atoms with Gasteiger partial charge in [0, 0.05) is 16.5 Å². The molecule has 8 heteroatoms. The second-order valence-electron chi connectivity index (χ2n) is 6.05. The third-order valence-electron chi connectivity index (χ3n) is 4.20. The van der Waals surface area contributed by atoms with Gasteiger partial charge < -0.3 is 5.32 Å². The average molecular weight is 383 g/mol. The summed E-state index contributed by atoms with van der Waals surface area (Å²) in [5.74, 6) is 0.484. The Morgan fingerprint density at radius 2 is 2.04 bits per heavy atom. The van der Waals surface area contributed by atoms with Gasteiger partial charge in [-0.05, 0) is 38.7 Å². The van der Waals surface area contributed by atoms with E-state index in [0.29, 0.717) is 34.8 Å². The quantitative estimate of drug-likeness (QED) is 0.661. The van der Waals surface area contributed by atoms with Crippen LogP contribution in [-0.2, 0) is 6.42 Å². The summed E-state index contributed by atoms with van der Waals surface area (Å²) in [6, 6.07) is 9.13. The molecule has 0 unspecified atom stereocenters. The molecule has 0 aliphatic heterocycles. The van der Waals surface area contributed by atoms with Crippen LogP contribution in [0.3, 0.4) is 0 Å². The minimum atomic E-state index is -0.244. The van der Waals surface area contributed by atoms with Crippen molar-refractivity contribution < 1.29 is 4.79 Å². The number of benzene rings is 1. The van der Waals surface area contributed by atoms with E-state index in [1.807, 2.05) is 38.3 Å². The second-order valence-corrected chi connectivity index (χ2v) is 6.90. The van der Waals surface area contributed by atoms with Crippen LogP contribution in [-0.4, -0.2) is 31.9 Å². The highest BCUT2D eigenvalue weighted by molar-refractivity contribution is 7.98. The second kappa shape index (κ2) is 7.79. The van der Waals surface area contributed by atoms with Gasteiger partial charge in [-0.3, -0.25) is 14.6 Å². The summed E-state index contributed by atoms with van der Waals surface area (Å²) in [6.45, 7) is 5.49. The topological polar surface area (TPSA) is 92.7 Å². The van der Waals surface area contributed by atoms with Crippen LogP contribution in [0, 0.1) is 13.8 Å². The first-order valence-corrected chi connectivity index (χ1v) is 9.78. The normalized spacial score (nSPS) is 10.8. The number of hydrogen-bond donors (Lipinski definition) is 2. The molecule has 2 aromatic heterocycles. The Morgan fingerprint density at radius 3 is 2.74 bits per heavy atom. The Morgan fingerprint density at radius 1 is 1.30 bits per heavy atom. The summed E-state index contributed by atoms with van der Waals surface area (Å²) >= 11 is 1.51. The van der Waals surface area contributed by atoms with Crippen molar-refractivity contribution in [3.05, 3.63) is 63.2 Å². The molecule has 3 rings (SSSR count). The lowest BCUT2D eigenvalue weighted by Crippen LogP contribution is -2.21. The molecule has 140 valence electrons. The zero-order valence-electron chi connectivity index (χ0n) is 15.7. The number of rotatable bonds is 5. The molecule has 0 atom stereocenters. The maximum Gasteiger partial charge on any atom is 0.257 e. The van der Waals surface area contributed by atoms with E-state index in [1.54, 1.807) is 19.1 Å². The minimum absolute atomic E-state index is 0.213. The molecule has 0 saturated heterocycles. The first kappa shape index (κ1) is 18.9. The van der Waals surface area contributed by atoms with E-state index in [9.17, 15) is 9.59 Å². The molecule has 1 aromatic carbocycles. The standard InChI is InChI=1S/C19H21N5O2S/c1-5-14-12(3)17(25)22-19(20-14)24-16(10-11(2)23-24)21-18(26)13-8-6-7-9-15(13)27-4/h6-10H,5H2,1-4H3,(H,21,26)(H,20,22,25). The van der Waals surface area contributed by atoms with E-state index in [0.717, 1.165) is 4.90 Å². The molecular formula is C19H21N5O2S. The summed E-state index contributed by atoms with van der Waals surface area (Å²) in [5.41, 5.74) is 2.35. The van der Waals surface area contributed by atoms with Gasteiger partial charge >= 0.3 is 0 Å². The molecule has 2 N–H and O–H groups in total. The van der Waals surface area contributed by atoms with Crippen molar-refractivity contribution in [2.45, 2.75) is 32.1 Å². The van der Waals surface area contributed by atoms with Gasteiger partial charge in [0.25, 0.3) is 11.5 Å². The van der Waals surface area contributed by atoms with E-state index in [-0.39, 0.29) is 17.4 Å². The molecule has 3 aromatic rings. The van der Waals surface area contributed by atoms with Crippen molar-refractivity contribution in [1.82, 2.24) is 19.7 Å². The third-order valence-corrected chi connectivity index (χ3v) is 5.00. The zero-order chi connectivity index (χ0) is 19.6. The fourth-order valence-electron chi connectivity index (χ4n) is 2.78. The molecule has 2 heterocycles. The van der Waals surface area contributed by atoms with Crippen LogP contribution in [0.15, 0.2) is 40.0 Å². The predicted molar refractivity (Wildman–Crippen MR) is 107 cm³/mol. The largest absolute Gasteiger partial charge is 0.306 e. The molecule has 0 bridgehead atoms. The molecule has 1 amide bonds. The number of nitrogens with one attached hydrogen (secondary N) is 2. The highest BCUT2D eigenvalue weighted by Gasteiger charge is 2.17. The van der Waals surface area contributed by atoms with E-state index >= 15 is 0 Å². The summed E-state index contributed by atoms with van der Waals surface area (Å²) in [4.78, 5) is 33.1. The van der Waals surface area contributed by atoms with E-state index in [4.69, 9.17) is 0 Å². The first-order chi connectivity index (χ1) is 12.9. The van der Waals surface area contributed by atoms with Crippen LogP contribution in [0.4, 0.5) is 5.82 Å². The van der Waals surface area contributed by atoms with Crippen molar-refractivity contribution >= 4 is 23.5 Å². The van der Waals surface area contributed by atoms with Crippen LogP contribution in [0.5, 0.6) is 0 Å². The number of amides is 1. The Bertz CT molecular complexity index is 1050. The minimum Gasteiger partial charge on any atom is -0.306 e. The van der Waals surface area contributed by atoms with Gasteiger partial charge in [0.2, 0.25) is 5.95 Å². The van der Waals surface area contributed by atoms with Crippen molar-refractivity contribution in [3.8, 4) is 5.95 Å². The molecule has 27 heavy (non-hydrogen) atoms. The molecule has 0 spiro atoms. The van der Waals surface area contributed by atoms with Crippen molar-refractivity contribution in [2.24, 2.45) is 0 Å². The van der Waals surface area contributed by atoms with Crippen molar-refractivity contribution in [3.63, 3.8) is 0 Å². The van der Waals surface area contributed by atoms with Crippen molar-refractivity contribution in [1.29, 1.82) is 0 Å². The predicted octanol–water partition coefficient (Wildman–Crippen LogP) is 3.11. The van der Waals surface area contributed by atoms with Crippen LogP contribution >= 0.6 is 11.8 Å². The highest BCUT2D eigenvalue weighted by atomic mass is 32.2. The number of carbonyl (C=O) groups is 1. The summed E-state index contributed by atoms with van der Waals surface area (Å²) in [5, 5.41) is 7.26. The van der Waals surface area contributed by atoms with Crippen LogP contribution in [0.25, 0.3) is 5.95 Å². The maximum absolute atomic E-state index is 12.8. The number of nitrogens with zero attached hydrogens (tertiary/aromatic N) is 3. The molecular weight excluding hydrogens is 362 g/mol. The fraction of sp³-hybridized carbons (Fsp3) is 0.263. The van der Waals surface area contributed by atoms with E-state index in [1.165, 1.54) is 16.4 Å². The van der Waals surface area contributed by atoms with Crippen LogP contribution < -0.4 is 10.9 Å². The lowest BCUT2D eigenvalue weighted by atomic mass is 10.2. The van der Waals surface area contributed by atoms with E-state index in [2.05, 4.69) is 20.4 Å². The van der Waals surface area contributed by atoms with Gasteiger partial charge in [0.1, 0.15) is 5.82 Å². The molecule has 0 aliphatic rings. The van der Waals surface area contributed by atoms with Crippen LogP contribution in [0.2, 0.25) is 0 Å². The fourth-order valence-corrected chi connectivity index (χ4v) is 3.37. The Balaban J connectivity index is 2.01. The van der Waals surface area contributed by atoms with Crippen LogP contribution in [0.1, 0.15) is 34.2 Å². The Hall–Kier alpha value is -2.87. The number of aryl methyl sites for hydroxylation is 2. The highest BCUT2D eigenvalue weighted by Crippen LogP contribution is 2.22. The summed E-state index contributed by atoms with van der Waals surface area (Å²) < 4.78 is 1.45. The van der Waals surface area contributed by atoms with E-state index < -0.39 is 0 Å². The van der Waals surface area contributed by atoms with Gasteiger partial charge in [-0.2, -0.15) is 9.78 Å². The third kappa shape index (κ3) is 3.80. The van der Waals surface area contributed by atoms with Gasteiger partial charge in [0.15, 0.2) is 0 Å². The van der Waals surface area contributed by atoms with Crippen molar-refractivity contribution in [2.75, 3.05) is 11.6 Å². The smallest absolute Gasteiger partial charge is 0.257 e. The number of anilines is 1. The Kier molecular flexibility index (Phi) is 5.46. The van der Waals surface area contributed by atoms with Gasteiger partial charge in [-0.15, -0.1) is 11.8 Å². The molecule has 0 radical (unpaired) electrons. The summed E-state index contributed by atoms with van der Waals surface area (Å²) in [6.07, 6.45) is 2.56. The SMILES string of the molecule is CCc1nc(-n2nc(C)cc2NC(=O)c2ccccc2SC)[nH]c(=O)c1C. The summed E-state index contributed by atoms with van der Waals surface area (Å²) in [7, 11) is 0. The van der Waals surface area contributed by atoms with Gasteiger partial charge in [-0.25, -0.2) is 4.98 Å². The van der Waals surface area contributed by atoms with Gasteiger partial charge in [0.05, 0.1) is 17.0 Å². The molecule has 0 saturated carbocycles. The first-order valence-electron chi connectivity index (χ1n) is 8.55. The Labute approximate surface area is 161 Å². The molecule has 0 fully saturated rings. The number of carbonyl (C=O) groups excluding carboxylic acids is 1. The number of thioether (sulfide) groups is 1. The number of hydrogen-bond acceptors (Lipinski definition) is 5. The zero-order valence-corrected chi connectivity index (χ0v) is 16.5. The molecule has 0 aliphatic carbocycles.